The molecule has 3 rings (SSSR count). The molecular weight excluding hydrogens is 382 g/mol. The Balaban J connectivity index is 1.59. The standard InChI is InChI=1S/C20H26F2N4O3/c1-13(2)25(3)19(27)14-8-10-26(11-9-14)12-17-23-18(24-29-17)15-6-4-5-7-16(15)28-20(21)22/h4-7,13-14,20H,8-12H2,1-3H3. The van der Waals surface area contributed by atoms with Gasteiger partial charge in [0.1, 0.15) is 5.75 Å². The van der Waals surface area contributed by atoms with Crippen molar-refractivity contribution in [3.8, 4) is 17.1 Å². The second kappa shape index (κ2) is 9.30. The summed E-state index contributed by atoms with van der Waals surface area (Å²) >= 11 is 0. The van der Waals surface area contributed by atoms with Crippen molar-refractivity contribution in [2.24, 2.45) is 5.92 Å². The predicted octanol–water partition coefficient (Wildman–Crippen LogP) is 3.42. The first kappa shape index (κ1) is 21.2. The van der Waals surface area contributed by atoms with Gasteiger partial charge in [-0.2, -0.15) is 13.8 Å². The summed E-state index contributed by atoms with van der Waals surface area (Å²) in [6, 6.07) is 6.53. The van der Waals surface area contributed by atoms with Gasteiger partial charge in [0.2, 0.25) is 17.6 Å². The number of halogens is 2. The SMILES string of the molecule is CC(C)N(C)C(=O)C1CCN(Cc2nc(-c3ccccc3OC(F)F)no2)CC1. The van der Waals surface area contributed by atoms with E-state index >= 15 is 0 Å². The van der Waals surface area contributed by atoms with E-state index in [1.807, 2.05) is 20.9 Å². The largest absolute Gasteiger partial charge is 0.434 e. The molecule has 0 spiro atoms. The van der Waals surface area contributed by atoms with Crippen molar-refractivity contribution in [2.75, 3.05) is 20.1 Å². The lowest BCUT2D eigenvalue weighted by Gasteiger charge is -2.33. The first-order chi connectivity index (χ1) is 13.8. The minimum absolute atomic E-state index is 0.00319. The summed E-state index contributed by atoms with van der Waals surface area (Å²) in [6.45, 7) is 3.04. The van der Waals surface area contributed by atoms with Gasteiger partial charge in [-0.3, -0.25) is 9.69 Å². The average Bonchev–Trinajstić information content (AvgIpc) is 3.15. The number of ether oxygens (including phenoxy) is 1. The van der Waals surface area contributed by atoms with E-state index in [-0.39, 0.29) is 29.4 Å². The number of nitrogens with zero attached hydrogens (tertiary/aromatic N) is 4. The van der Waals surface area contributed by atoms with E-state index in [9.17, 15) is 13.6 Å². The Morgan fingerprint density at radius 2 is 2.00 bits per heavy atom. The minimum atomic E-state index is -2.93. The Labute approximate surface area is 168 Å². The zero-order valence-corrected chi connectivity index (χ0v) is 16.8. The summed E-state index contributed by atoms with van der Waals surface area (Å²) in [5, 5.41) is 3.91. The Morgan fingerprint density at radius 3 is 2.66 bits per heavy atom. The zero-order chi connectivity index (χ0) is 21.0. The summed E-state index contributed by atoms with van der Waals surface area (Å²) in [5.74, 6) is 0.838. The van der Waals surface area contributed by atoms with Crippen molar-refractivity contribution in [3.05, 3.63) is 30.2 Å². The topological polar surface area (TPSA) is 71.7 Å². The van der Waals surface area contributed by atoms with Crippen LogP contribution in [0.15, 0.2) is 28.8 Å². The molecule has 2 aromatic rings. The fourth-order valence-corrected chi connectivity index (χ4v) is 3.35. The van der Waals surface area contributed by atoms with Crippen LogP contribution in [0.25, 0.3) is 11.4 Å². The van der Waals surface area contributed by atoms with Crippen LogP contribution in [0.1, 0.15) is 32.6 Å². The molecule has 7 nitrogen and oxygen atoms in total. The monoisotopic (exact) mass is 408 g/mol. The molecule has 0 atom stereocenters. The van der Waals surface area contributed by atoms with Crippen molar-refractivity contribution in [1.82, 2.24) is 19.9 Å². The van der Waals surface area contributed by atoms with Gasteiger partial charge in [-0.25, -0.2) is 0 Å². The molecule has 158 valence electrons. The highest BCUT2D eigenvalue weighted by atomic mass is 19.3. The molecule has 2 heterocycles. The number of hydrogen-bond donors (Lipinski definition) is 0. The third-order valence-corrected chi connectivity index (χ3v) is 5.23. The van der Waals surface area contributed by atoms with Crippen LogP contribution in [0.3, 0.4) is 0 Å². The van der Waals surface area contributed by atoms with Gasteiger partial charge >= 0.3 is 6.61 Å². The van der Waals surface area contributed by atoms with Gasteiger partial charge in [-0.1, -0.05) is 17.3 Å². The Bertz CT molecular complexity index is 820. The van der Waals surface area contributed by atoms with Crippen LogP contribution in [-0.4, -0.2) is 58.6 Å². The van der Waals surface area contributed by atoms with Crippen molar-refractivity contribution in [1.29, 1.82) is 0 Å². The summed E-state index contributed by atoms with van der Waals surface area (Å²) in [4.78, 5) is 20.7. The van der Waals surface area contributed by atoms with Gasteiger partial charge in [0.05, 0.1) is 12.1 Å². The molecule has 1 aromatic heterocycles. The number of piperidine rings is 1. The fourth-order valence-electron chi connectivity index (χ4n) is 3.35. The Kier molecular flexibility index (Phi) is 6.79. The highest BCUT2D eigenvalue weighted by Gasteiger charge is 2.28. The summed E-state index contributed by atoms with van der Waals surface area (Å²) in [5.41, 5.74) is 0.351. The minimum Gasteiger partial charge on any atom is -0.434 e. The molecule has 1 amide bonds. The Morgan fingerprint density at radius 1 is 1.31 bits per heavy atom. The normalized spacial score (nSPS) is 15.8. The van der Waals surface area contributed by atoms with E-state index in [1.54, 1.807) is 23.1 Å². The zero-order valence-electron chi connectivity index (χ0n) is 16.8. The molecule has 0 bridgehead atoms. The maximum atomic E-state index is 12.6. The van der Waals surface area contributed by atoms with Crippen LogP contribution >= 0.6 is 0 Å². The molecular formula is C20H26F2N4O3. The first-order valence-electron chi connectivity index (χ1n) is 9.71. The van der Waals surface area contributed by atoms with Crippen LogP contribution in [0.4, 0.5) is 8.78 Å². The predicted molar refractivity (Wildman–Crippen MR) is 102 cm³/mol. The number of alkyl halides is 2. The molecule has 0 saturated carbocycles. The maximum Gasteiger partial charge on any atom is 0.387 e. The molecule has 1 aromatic carbocycles. The third-order valence-electron chi connectivity index (χ3n) is 5.23. The molecule has 0 radical (unpaired) electrons. The Hall–Kier alpha value is -2.55. The van der Waals surface area contributed by atoms with Crippen molar-refractivity contribution in [2.45, 2.75) is 45.9 Å². The van der Waals surface area contributed by atoms with Crippen LogP contribution in [-0.2, 0) is 11.3 Å². The smallest absolute Gasteiger partial charge is 0.387 e. The van der Waals surface area contributed by atoms with E-state index in [1.165, 1.54) is 6.07 Å². The van der Waals surface area contributed by atoms with E-state index < -0.39 is 6.61 Å². The van der Waals surface area contributed by atoms with Gasteiger partial charge in [0.15, 0.2) is 0 Å². The quantitative estimate of drug-likeness (QED) is 0.699. The number of likely N-dealkylation sites (tertiary alicyclic amines) is 1. The molecule has 9 heteroatoms. The van der Waals surface area contributed by atoms with Crippen LogP contribution in [0.5, 0.6) is 5.75 Å². The van der Waals surface area contributed by atoms with Crippen LogP contribution in [0, 0.1) is 5.92 Å². The fraction of sp³-hybridized carbons (Fsp3) is 0.550. The van der Waals surface area contributed by atoms with E-state index in [2.05, 4.69) is 19.8 Å². The number of para-hydroxylation sites is 1. The molecule has 1 aliphatic rings. The van der Waals surface area contributed by atoms with Gasteiger partial charge in [-0.05, 0) is 51.9 Å². The second-order valence-electron chi connectivity index (χ2n) is 7.48. The molecule has 1 fully saturated rings. The van der Waals surface area contributed by atoms with Gasteiger partial charge in [0.25, 0.3) is 0 Å². The lowest BCUT2D eigenvalue weighted by Crippen LogP contribution is -2.43. The highest BCUT2D eigenvalue weighted by Crippen LogP contribution is 2.29. The number of rotatable bonds is 7. The molecule has 1 aliphatic heterocycles. The molecule has 29 heavy (non-hydrogen) atoms. The molecule has 1 saturated heterocycles. The maximum absolute atomic E-state index is 12.6. The molecule has 0 unspecified atom stereocenters. The number of carbonyl (C=O) groups is 1. The first-order valence-corrected chi connectivity index (χ1v) is 9.71. The number of carbonyl (C=O) groups excluding carboxylic acids is 1. The van der Waals surface area contributed by atoms with E-state index in [0.29, 0.717) is 18.0 Å². The van der Waals surface area contributed by atoms with Crippen molar-refractivity contribution < 1.29 is 22.8 Å². The summed E-state index contributed by atoms with van der Waals surface area (Å²) in [6.07, 6.45) is 1.56. The molecule has 0 aliphatic carbocycles. The van der Waals surface area contributed by atoms with E-state index in [0.717, 1.165) is 25.9 Å². The summed E-state index contributed by atoms with van der Waals surface area (Å²) in [7, 11) is 1.84. The second-order valence-corrected chi connectivity index (χ2v) is 7.48. The lowest BCUT2D eigenvalue weighted by molar-refractivity contribution is -0.137. The van der Waals surface area contributed by atoms with Gasteiger partial charge < -0.3 is 14.2 Å². The van der Waals surface area contributed by atoms with Crippen LogP contribution < -0.4 is 4.74 Å². The molecule has 0 N–H and O–H groups in total. The van der Waals surface area contributed by atoms with Crippen LogP contribution in [0.2, 0.25) is 0 Å². The van der Waals surface area contributed by atoms with Crippen molar-refractivity contribution >= 4 is 5.91 Å². The summed E-state index contributed by atoms with van der Waals surface area (Å²) < 4.78 is 35.0. The number of amides is 1. The number of hydrogen-bond acceptors (Lipinski definition) is 6. The average molecular weight is 408 g/mol. The van der Waals surface area contributed by atoms with Gasteiger partial charge in [0, 0.05) is 19.0 Å². The lowest BCUT2D eigenvalue weighted by atomic mass is 9.95. The number of benzene rings is 1. The van der Waals surface area contributed by atoms with E-state index in [4.69, 9.17) is 4.52 Å². The van der Waals surface area contributed by atoms with Gasteiger partial charge in [-0.15, -0.1) is 0 Å². The third kappa shape index (κ3) is 5.29. The van der Waals surface area contributed by atoms with Crippen molar-refractivity contribution in [3.63, 3.8) is 0 Å². The highest BCUT2D eigenvalue weighted by molar-refractivity contribution is 5.79. The number of aromatic nitrogens is 2.